The maximum Gasteiger partial charge on any atom is 0.314 e. The lowest BCUT2D eigenvalue weighted by atomic mass is 10.2. The van der Waals surface area contributed by atoms with Gasteiger partial charge in [-0.1, -0.05) is 18.2 Å². The summed E-state index contributed by atoms with van der Waals surface area (Å²) in [5.41, 5.74) is -0.00719. The third-order valence-electron chi connectivity index (χ3n) is 2.67. The highest BCUT2D eigenvalue weighted by atomic mass is 16.6. The molecule has 0 spiro atoms. The molecule has 0 aliphatic heterocycles. The summed E-state index contributed by atoms with van der Waals surface area (Å²) in [6.07, 6.45) is 0. The Kier molecular flexibility index (Phi) is 4.33. The van der Waals surface area contributed by atoms with E-state index in [1.807, 2.05) is 0 Å². The van der Waals surface area contributed by atoms with Gasteiger partial charge in [-0.15, -0.1) is 0 Å². The number of hydrogen-bond acceptors (Lipinski definition) is 5. The molecule has 8 nitrogen and oxygen atoms in total. The summed E-state index contributed by atoms with van der Waals surface area (Å²) in [5.74, 6) is -2.20. The van der Waals surface area contributed by atoms with Gasteiger partial charge in [-0.3, -0.25) is 19.7 Å². The van der Waals surface area contributed by atoms with Crippen molar-refractivity contribution in [3.8, 4) is 5.75 Å². The summed E-state index contributed by atoms with van der Waals surface area (Å²) in [6.45, 7) is 0. The van der Waals surface area contributed by atoms with Crippen LogP contribution >= 0.6 is 0 Å². The maximum absolute atomic E-state index is 11.7. The van der Waals surface area contributed by atoms with Crippen LogP contribution in [0.15, 0.2) is 48.5 Å². The van der Waals surface area contributed by atoms with E-state index < -0.39 is 16.7 Å². The molecular formula is C14H11N3O5. The van der Waals surface area contributed by atoms with Gasteiger partial charge in [0.1, 0.15) is 5.75 Å². The molecule has 112 valence electrons. The second kappa shape index (κ2) is 6.35. The number of amides is 2. The minimum atomic E-state index is -1.01. The quantitative estimate of drug-likeness (QED) is 0.346. The van der Waals surface area contributed by atoms with Crippen molar-refractivity contribution in [3.05, 3.63) is 58.6 Å². The van der Waals surface area contributed by atoms with Gasteiger partial charge in [-0.2, -0.15) is 0 Å². The van der Waals surface area contributed by atoms with Gasteiger partial charge in [0.05, 0.1) is 10.6 Å². The first-order valence-electron chi connectivity index (χ1n) is 6.12. The zero-order valence-electron chi connectivity index (χ0n) is 11.1. The van der Waals surface area contributed by atoms with E-state index >= 15 is 0 Å². The lowest BCUT2D eigenvalue weighted by Gasteiger charge is -2.07. The van der Waals surface area contributed by atoms with Crippen LogP contribution in [0.3, 0.4) is 0 Å². The number of nitro benzene ring substituents is 1. The molecule has 3 N–H and O–H groups in total. The number of rotatable bonds is 3. The summed E-state index contributed by atoms with van der Waals surface area (Å²) in [4.78, 5) is 33.5. The van der Waals surface area contributed by atoms with Crippen LogP contribution in [-0.4, -0.2) is 21.8 Å². The molecule has 8 heteroatoms. The Morgan fingerprint density at radius 2 is 1.68 bits per heavy atom. The number of nitrogens with zero attached hydrogens (tertiary/aromatic N) is 1. The van der Waals surface area contributed by atoms with Crippen LogP contribution in [-0.2, 0) is 9.59 Å². The first-order valence-corrected chi connectivity index (χ1v) is 6.12. The lowest BCUT2D eigenvalue weighted by Crippen LogP contribution is -2.29. The molecule has 2 aromatic carbocycles. The fourth-order valence-electron chi connectivity index (χ4n) is 1.64. The molecule has 2 rings (SSSR count). The number of phenols is 1. The van der Waals surface area contributed by atoms with Crippen LogP contribution in [0.5, 0.6) is 5.75 Å². The van der Waals surface area contributed by atoms with E-state index in [9.17, 15) is 24.8 Å². The van der Waals surface area contributed by atoms with Crippen molar-refractivity contribution in [2.75, 3.05) is 10.6 Å². The lowest BCUT2D eigenvalue weighted by molar-refractivity contribution is -0.384. The van der Waals surface area contributed by atoms with Crippen molar-refractivity contribution < 1.29 is 19.6 Å². The summed E-state index contributed by atoms with van der Waals surface area (Å²) >= 11 is 0. The SMILES string of the molecule is O=C(Nc1cccc([N+](=O)[O-])c1)C(=O)Nc1ccccc1O. The molecule has 0 aliphatic carbocycles. The third-order valence-corrected chi connectivity index (χ3v) is 2.67. The molecule has 0 aliphatic rings. The van der Waals surface area contributed by atoms with Crippen molar-refractivity contribution >= 4 is 28.9 Å². The largest absolute Gasteiger partial charge is 0.506 e. The number of carbonyl (C=O) groups excluding carboxylic acids is 2. The Morgan fingerprint density at radius 3 is 2.36 bits per heavy atom. The minimum absolute atomic E-state index is 0.0849. The standard InChI is InChI=1S/C14H11N3O5/c18-12-7-2-1-6-11(12)16-14(20)13(19)15-9-4-3-5-10(8-9)17(21)22/h1-8,18H,(H,15,19)(H,16,20). The number of aromatic hydroxyl groups is 1. The molecule has 0 saturated heterocycles. The van der Waals surface area contributed by atoms with Gasteiger partial charge in [0.25, 0.3) is 5.69 Å². The zero-order chi connectivity index (χ0) is 16.1. The topological polar surface area (TPSA) is 122 Å². The van der Waals surface area contributed by atoms with Gasteiger partial charge in [0.2, 0.25) is 0 Å². The van der Waals surface area contributed by atoms with Crippen molar-refractivity contribution in [3.63, 3.8) is 0 Å². The van der Waals surface area contributed by atoms with E-state index in [0.29, 0.717) is 0 Å². The summed E-state index contributed by atoms with van der Waals surface area (Å²) in [7, 11) is 0. The molecule has 22 heavy (non-hydrogen) atoms. The number of benzene rings is 2. The number of hydrogen-bond donors (Lipinski definition) is 3. The van der Waals surface area contributed by atoms with Gasteiger partial charge in [0, 0.05) is 17.8 Å². The number of phenolic OH excluding ortho intramolecular Hbond substituents is 1. The molecule has 2 aromatic rings. The van der Waals surface area contributed by atoms with E-state index in [2.05, 4.69) is 10.6 Å². The number of nitrogens with one attached hydrogen (secondary N) is 2. The third kappa shape index (κ3) is 3.57. The Morgan fingerprint density at radius 1 is 1.00 bits per heavy atom. The molecule has 0 radical (unpaired) electrons. The summed E-state index contributed by atoms with van der Waals surface area (Å²) in [5, 5.41) is 24.6. The average Bonchev–Trinajstić information content (AvgIpc) is 2.49. The van der Waals surface area contributed by atoms with E-state index in [0.717, 1.165) is 6.07 Å². The van der Waals surface area contributed by atoms with Crippen molar-refractivity contribution in [1.29, 1.82) is 0 Å². The van der Waals surface area contributed by atoms with Crippen molar-refractivity contribution in [2.24, 2.45) is 0 Å². The van der Waals surface area contributed by atoms with Crippen LogP contribution in [0, 0.1) is 10.1 Å². The van der Waals surface area contributed by atoms with Crippen LogP contribution in [0.1, 0.15) is 0 Å². The number of para-hydroxylation sites is 2. The summed E-state index contributed by atoms with van der Waals surface area (Å²) in [6, 6.07) is 11.1. The Hall–Kier alpha value is -3.42. The highest BCUT2D eigenvalue weighted by molar-refractivity contribution is 6.43. The van der Waals surface area contributed by atoms with Crippen LogP contribution in [0.4, 0.5) is 17.1 Å². The monoisotopic (exact) mass is 301 g/mol. The zero-order valence-corrected chi connectivity index (χ0v) is 11.1. The number of carbonyl (C=O) groups is 2. The predicted molar refractivity (Wildman–Crippen MR) is 78.5 cm³/mol. The van der Waals surface area contributed by atoms with Gasteiger partial charge < -0.3 is 15.7 Å². The van der Waals surface area contributed by atoms with Crippen molar-refractivity contribution in [1.82, 2.24) is 0 Å². The van der Waals surface area contributed by atoms with Crippen LogP contribution in [0.2, 0.25) is 0 Å². The second-order valence-corrected chi connectivity index (χ2v) is 4.23. The Bertz CT molecular complexity index is 745. The summed E-state index contributed by atoms with van der Waals surface area (Å²) < 4.78 is 0. The fraction of sp³-hybridized carbons (Fsp3) is 0. The number of anilines is 2. The molecule has 0 unspecified atom stereocenters. The minimum Gasteiger partial charge on any atom is -0.506 e. The first-order chi connectivity index (χ1) is 10.5. The molecule has 0 atom stereocenters. The Balaban J connectivity index is 2.06. The van der Waals surface area contributed by atoms with E-state index in [-0.39, 0.29) is 22.8 Å². The molecule has 2 amide bonds. The smallest absolute Gasteiger partial charge is 0.314 e. The van der Waals surface area contributed by atoms with Gasteiger partial charge in [-0.25, -0.2) is 0 Å². The normalized spacial score (nSPS) is 9.82. The number of nitro groups is 1. The van der Waals surface area contributed by atoms with E-state index in [4.69, 9.17) is 0 Å². The number of non-ortho nitro benzene ring substituents is 1. The van der Waals surface area contributed by atoms with Crippen LogP contribution < -0.4 is 10.6 Å². The molecule has 0 bridgehead atoms. The molecule has 0 fully saturated rings. The van der Waals surface area contributed by atoms with Gasteiger partial charge in [0.15, 0.2) is 0 Å². The second-order valence-electron chi connectivity index (χ2n) is 4.23. The maximum atomic E-state index is 11.7. The van der Waals surface area contributed by atoms with E-state index in [1.54, 1.807) is 12.1 Å². The van der Waals surface area contributed by atoms with Crippen molar-refractivity contribution in [2.45, 2.75) is 0 Å². The Labute approximate surface area is 124 Å². The predicted octanol–water partition coefficient (Wildman–Crippen LogP) is 1.88. The highest BCUT2D eigenvalue weighted by Crippen LogP contribution is 2.21. The van der Waals surface area contributed by atoms with Gasteiger partial charge >= 0.3 is 11.8 Å². The highest BCUT2D eigenvalue weighted by Gasteiger charge is 2.16. The molecule has 0 saturated carbocycles. The molecule has 0 heterocycles. The molecular weight excluding hydrogens is 290 g/mol. The van der Waals surface area contributed by atoms with E-state index in [1.165, 1.54) is 30.3 Å². The van der Waals surface area contributed by atoms with Crippen LogP contribution in [0.25, 0.3) is 0 Å². The average molecular weight is 301 g/mol. The fourth-order valence-corrected chi connectivity index (χ4v) is 1.64. The van der Waals surface area contributed by atoms with Gasteiger partial charge in [-0.05, 0) is 18.2 Å². The first kappa shape index (κ1) is 15.0. The molecule has 0 aromatic heterocycles.